The Kier molecular flexibility index (Phi) is 2.33. The minimum Gasteiger partial charge on any atom is -0.780 e. The maximum atomic E-state index is 10.3. The van der Waals surface area contributed by atoms with Gasteiger partial charge < -0.3 is 12.6 Å². The summed E-state index contributed by atoms with van der Waals surface area (Å²) in [6, 6.07) is 4.60. The van der Waals surface area contributed by atoms with Gasteiger partial charge in [-0.2, -0.15) is 4.90 Å². The van der Waals surface area contributed by atoms with Crippen molar-refractivity contribution in [2.75, 3.05) is 0 Å². The summed E-state index contributed by atoms with van der Waals surface area (Å²) in [7, 11) is 0. The SMILES string of the molecule is O=Cc1cc([S-])cc(C=O)c1. The predicted octanol–water partition coefficient (Wildman–Crippen LogP) is 1.22. The minimum absolute atomic E-state index is 0.444. The quantitative estimate of drug-likeness (QED) is 0.488. The van der Waals surface area contributed by atoms with E-state index in [-0.39, 0.29) is 0 Å². The summed E-state index contributed by atoms with van der Waals surface area (Å²) < 4.78 is 0. The van der Waals surface area contributed by atoms with Gasteiger partial charge in [-0.3, -0.25) is 9.59 Å². The van der Waals surface area contributed by atoms with Crippen molar-refractivity contribution in [3.8, 4) is 0 Å². The zero-order valence-corrected chi connectivity index (χ0v) is 6.43. The van der Waals surface area contributed by atoms with Crippen LogP contribution >= 0.6 is 0 Å². The summed E-state index contributed by atoms with van der Waals surface area (Å²) in [6.07, 6.45) is 1.34. The first-order chi connectivity index (χ1) is 5.26. The predicted molar refractivity (Wildman–Crippen MR) is 42.8 cm³/mol. The van der Waals surface area contributed by atoms with Gasteiger partial charge in [-0.1, -0.05) is 12.1 Å². The largest absolute Gasteiger partial charge is 0.780 e. The van der Waals surface area contributed by atoms with Crippen LogP contribution in [0.3, 0.4) is 0 Å². The molecule has 0 bridgehead atoms. The van der Waals surface area contributed by atoms with Crippen LogP contribution in [-0.4, -0.2) is 12.6 Å². The number of hydrogen-bond donors (Lipinski definition) is 0. The molecule has 0 fully saturated rings. The van der Waals surface area contributed by atoms with Gasteiger partial charge in [-0.25, -0.2) is 0 Å². The fourth-order valence-electron chi connectivity index (χ4n) is 0.782. The topological polar surface area (TPSA) is 34.1 Å². The van der Waals surface area contributed by atoms with Gasteiger partial charge in [0.25, 0.3) is 0 Å². The number of carbonyl (C=O) groups excluding carboxylic acids is 2. The average Bonchev–Trinajstić information content (AvgIpc) is 2.03. The molecule has 0 amide bonds. The van der Waals surface area contributed by atoms with Crippen molar-refractivity contribution in [2.45, 2.75) is 4.90 Å². The maximum absolute atomic E-state index is 10.3. The molecule has 56 valence electrons. The van der Waals surface area contributed by atoms with E-state index in [2.05, 4.69) is 0 Å². The van der Waals surface area contributed by atoms with Gasteiger partial charge in [0.2, 0.25) is 0 Å². The Balaban J connectivity index is 3.21. The van der Waals surface area contributed by atoms with E-state index in [9.17, 15) is 9.59 Å². The Hall–Kier alpha value is -1.22. The molecule has 0 spiro atoms. The Bertz CT molecular complexity index is 268. The minimum atomic E-state index is 0.444. The first kappa shape index (κ1) is 7.88. The summed E-state index contributed by atoms with van der Waals surface area (Å²) in [5.74, 6) is 0. The molecule has 1 aromatic carbocycles. The highest BCUT2D eigenvalue weighted by Gasteiger charge is 1.91. The number of hydrogen-bond acceptors (Lipinski definition) is 3. The standard InChI is InChI=1S/C8H6O2S/c9-4-6-1-7(5-10)3-8(11)2-6/h1-5,11H/p-1. The molecule has 1 aromatic rings. The van der Waals surface area contributed by atoms with Crippen molar-refractivity contribution in [1.82, 2.24) is 0 Å². The lowest BCUT2D eigenvalue weighted by Crippen LogP contribution is -1.86. The first-order valence-corrected chi connectivity index (χ1v) is 3.39. The third-order valence-electron chi connectivity index (χ3n) is 1.22. The van der Waals surface area contributed by atoms with Crippen LogP contribution in [-0.2, 0) is 12.6 Å². The summed E-state index contributed by atoms with van der Waals surface area (Å²) in [4.78, 5) is 21.0. The molecular formula is C8H5O2S-. The van der Waals surface area contributed by atoms with Crippen molar-refractivity contribution in [1.29, 1.82) is 0 Å². The normalized spacial score (nSPS) is 9.09. The number of benzene rings is 1. The molecule has 0 heterocycles. The number of rotatable bonds is 2. The van der Waals surface area contributed by atoms with Gasteiger partial charge in [0, 0.05) is 11.1 Å². The molecule has 0 saturated heterocycles. The van der Waals surface area contributed by atoms with Gasteiger partial charge in [-0.15, -0.1) is 0 Å². The van der Waals surface area contributed by atoms with E-state index in [4.69, 9.17) is 12.6 Å². The molecule has 2 nitrogen and oxygen atoms in total. The number of carbonyl (C=O) groups is 2. The second-order valence-corrected chi connectivity index (χ2v) is 2.54. The third-order valence-corrected chi connectivity index (χ3v) is 1.46. The zero-order valence-electron chi connectivity index (χ0n) is 5.61. The molecule has 3 heteroatoms. The molecule has 0 atom stereocenters. The molecule has 0 radical (unpaired) electrons. The third kappa shape index (κ3) is 1.85. The van der Waals surface area contributed by atoms with E-state index >= 15 is 0 Å². The van der Waals surface area contributed by atoms with Crippen LogP contribution in [0.5, 0.6) is 0 Å². The van der Waals surface area contributed by atoms with Crippen LogP contribution in [0.2, 0.25) is 0 Å². The van der Waals surface area contributed by atoms with Crippen LogP contribution in [0.15, 0.2) is 23.1 Å². The first-order valence-electron chi connectivity index (χ1n) is 2.98. The highest BCUT2D eigenvalue weighted by Crippen LogP contribution is 2.06. The van der Waals surface area contributed by atoms with Crippen molar-refractivity contribution in [3.05, 3.63) is 29.3 Å². The second-order valence-electron chi connectivity index (χ2n) is 2.07. The molecule has 0 aliphatic rings. The Morgan fingerprint density at radius 2 is 1.45 bits per heavy atom. The van der Waals surface area contributed by atoms with Crippen molar-refractivity contribution >= 4 is 25.2 Å². The van der Waals surface area contributed by atoms with Gasteiger partial charge in [-0.05, 0) is 6.07 Å². The second kappa shape index (κ2) is 3.25. The molecular weight excluding hydrogens is 160 g/mol. The lowest BCUT2D eigenvalue weighted by Gasteiger charge is -2.05. The van der Waals surface area contributed by atoms with Crippen LogP contribution in [0.1, 0.15) is 20.7 Å². The zero-order chi connectivity index (χ0) is 8.27. The lowest BCUT2D eigenvalue weighted by molar-refractivity contribution is 0.112. The van der Waals surface area contributed by atoms with Crippen molar-refractivity contribution in [3.63, 3.8) is 0 Å². The Morgan fingerprint density at radius 1 is 1.00 bits per heavy atom. The van der Waals surface area contributed by atoms with Crippen LogP contribution < -0.4 is 0 Å². The van der Waals surface area contributed by atoms with E-state index in [1.807, 2.05) is 0 Å². The number of aldehydes is 2. The smallest absolute Gasteiger partial charge is 0.150 e. The fraction of sp³-hybridized carbons (Fsp3) is 0. The lowest BCUT2D eigenvalue weighted by atomic mass is 10.1. The molecule has 0 saturated carbocycles. The highest BCUT2D eigenvalue weighted by molar-refractivity contribution is 7.58. The van der Waals surface area contributed by atoms with Crippen LogP contribution in [0, 0.1) is 0 Å². The monoisotopic (exact) mass is 165 g/mol. The molecule has 11 heavy (non-hydrogen) atoms. The van der Waals surface area contributed by atoms with Crippen molar-refractivity contribution < 1.29 is 9.59 Å². The van der Waals surface area contributed by atoms with Gasteiger partial charge in [0.05, 0.1) is 0 Å². The Labute approximate surface area is 69.6 Å². The van der Waals surface area contributed by atoms with E-state index < -0.39 is 0 Å². The van der Waals surface area contributed by atoms with Crippen molar-refractivity contribution in [2.24, 2.45) is 0 Å². The average molecular weight is 165 g/mol. The van der Waals surface area contributed by atoms with E-state index in [0.717, 1.165) is 0 Å². The van der Waals surface area contributed by atoms with E-state index in [0.29, 0.717) is 28.6 Å². The van der Waals surface area contributed by atoms with Crippen LogP contribution in [0.25, 0.3) is 0 Å². The summed E-state index contributed by atoms with van der Waals surface area (Å²) in [5, 5.41) is 0. The summed E-state index contributed by atoms with van der Waals surface area (Å²) in [6.45, 7) is 0. The fourth-order valence-corrected chi connectivity index (χ4v) is 1.05. The van der Waals surface area contributed by atoms with E-state index in [1.54, 1.807) is 12.1 Å². The van der Waals surface area contributed by atoms with Gasteiger partial charge in [0.15, 0.2) is 0 Å². The van der Waals surface area contributed by atoms with E-state index in [1.165, 1.54) is 6.07 Å². The molecule has 0 aliphatic carbocycles. The molecule has 0 unspecified atom stereocenters. The van der Waals surface area contributed by atoms with Gasteiger partial charge >= 0.3 is 0 Å². The summed E-state index contributed by atoms with van der Waals surface area (Å²) >= 11 is 4.80. The van der Waals surface area contributed by atoms with Crippen LogP contribution in [0.4, 0.5) is 0 Å². The highest BCUT2D eigenvalue weighted by atomic mass is 32.1. The Morgan fingerprint density at radius 3 is 1.82 bits per heavy atom. The molecule has 0 aromatic heterocycles. The molecule has 1 rings (SSSR count). The maximum Gasteiger partial charge on any atom is 0.150 e. The van der Waals surface area contributed by atoms with Gasteiger partial charge in [0.1, 0.15) is 12.6 Å². The molecule has 0 N–H and O–H groups in total. The summed E-state index contributed by atoms with van der Waals surface area (Å²) in [5.41, 5.74) is 0.888. The molecule has 0 aliphatic heterocycles.